The van der Waals surface area contributed by atoms with Crippen LogP contribution in [0.1, 0.15) is 17.9 Å². The monoisotopic (exact) mass is 313 g/mol. The second-order valence-electron chi connectivity index (χ2n) is 5.79. The number of hydrogen-bond donors (Lipinski definition) is 1. The number of oxazole rings is 1. The standard InChI is InChI=1S/C17H19N3O3/c1-11-14(19-17(23-11)12-5-3-2-4-6-12)9-15(21)20-8-7-13(10-20)16(18)22/h2-6,13H,7-10H2,1H3,(H2,18,22). The van der Waals surface area contributed by atoms with Gasteiger partial charge in [0.2, 0.25) is 17.7 Å². The Labute approximate surface area is 134 Å². The van der Waals surface area contributed by atoms with Crippen LogP contribution in [0.3, 0.4) is 0 Å². The van der Waals surface area contributed by atoms with E-state index in [2.05, 4.69) is 4.98 Å². The fourth-order valence-electron chi connectivity index (χ4n) is 2.77. The first kappa shape index (κ1) is 15.3. The van der Waals surface area contributed by atoms with E-state index in [0.29, 0.717) is 36.9 Å². The maximum Gasteiger partial charge on any atom is 0.228 e. The van der Waals surface area contributed by atoms with E-state index >= 15 is 0 Å². The zero-order valence-corrected chi connectivity index (χ0v) is 13.0. The van der Waals surface area contributed by atoms with Crippen LogP contribution in [0.5, 0.6) is 0 Å². The van der Waals surface area contributed by atoms with Crippen molar-refractivity contribution >= 4 is 11.8 Å². The molecule has 1 unspecified atom stereocenters. The lowest BCUT2D eigenvalue weighted by atomic mass is 10.1. The van der Waals surface area contributed by atoms with E-state index < -0.39 is 0 Å². The lowest BCUT2D eigenvalue weighted by molar-refractivity contribution is -0.129. The second kappa shape index (κ2) is 6.24. The Hall–Kier alpha value is -2.63. The molecule has 0 bridgehead atoms. The van der Waals surface area contributed by atoms with Crippen molar-refractivity contribution < 1.29 is 14.0 Å². The van der Waals surface area contributed by atoms with E-state index in [1.807, 2.05) is 30.3 Å². The van der Waals surface area contributed by atoms with Crippen molar-refractivity contribution in [2.45, 2.75) is 19.8 Å². The summed E-state index contributed by atoms with van der Waals surface area (Å²) in [6.45, 7) is 2.77. The molecule has 1 aromatic carbocycles. The van der Waals surface area contributed by atoms with Crippen molar-refractivity contribution in [1.29, 1.82) is 0 Å². The van der Waals surface area contributed by atoms with Crippen molar-refractivity contribution in [3.63, 3.8) is 0 Å². The van der Waals surface area contributed by atoms with E-state index in [0.717, 1.165) is 5.56 Å². The molecule has 0 spiro atoms. The molecule has 0 aliphatic carbocycles. The molecule has 6 nitrogen and oxygen atoms in total. The maximum absolute atomic E-state index is 12.4. The van der Waals surface area contributed by atoms with Crippen LogP contribution in [0.15, 0.2) is 34.7 Å². The average molecular weight is 313 g/mol. The maximum atomic E-state index is 12.4. The number of nitrogens with zero attached hydrogens (tertiary/aromatic N) is 2. The van der Waals surface area contributed by atoms with Gasteiger partial charge in [0.1, 0.15) is 5.76 Å². The van der Waals surface area contributed by atoms with Gasteiger partial charge in [-0.25, -0.2) is 4.98 Å². The molecule has 1 aliphatic heterocycles. The lowest BCUT2D eigenvalue weighted by Gasteiger charge is -2.15. The van der Waals surface area contributed by atoms with Gasteiger partial charge >= 0.3 is 0 Å². The molecule has 1 saturated heterocycles. The third-order valence-corrected chi connectivity index (χ3v) is 4.18. The molecule has 1 atom stereocenters. The largest absolute Gasteiger partial charge is 0.441 e. The molecule has 2 heterocycles. The Kier molecular flexibility index (Phi) is 4.14. The van der Waals surface area contributed by atoms with E-state index in [1.54, 1.807) is 11.8 Å². The van der Waals surface area contributed by atoms with Gasteiger partial charge in [0, 0.05) is 18.7 Å². The van der Waals surface area contributed by atoms with Crippen LogP contribution in [0.4, 0.5) is 0 Å². The highest BCUT2D eigenvalue weighted by Gasteiger charge is 2.30. The van der Waals surface area contributed by atoms with Gasteiger partial charge < -0.3 is 15.1 Å². The van der Waals surface area contributed by atoms with Gasteiger partial charge in [-0.05, 0) is 25.5 Å². The number of likely N-dealkylation sites (tertiary alicyclic amines) is 1. The molecule has 1 fully saturated rings. The zero-order valence-electron chi connectivity index (χ0n) is 13.0. The Balaban J connectivity index is 1.70. The summed E-state index contributed by atoms with van der Waals surface area (Å²) in [5.74, 6) is 0.525. The molecule has 1 aromatic heterocycles. The Morgan fingerprint density at radius 3 is 2.74 bits per heavy atom. The number of amides is 2. The number of aromatic nitrogens is 1. The number of carbonyl (C=O) groups excluding carboxylic acids is 2. The molecule has 2 amide bonds. The van der Waals surface area contributed by atoms with Crippen LogP contribution in [-0.2, 0) is 16.0 Å². The van der Waals surface area contributed by atoms with Gasteiger partial charge in [0.15, 0.2) is 0 Å². The number of hydrogen-bond acceptors (Lipinski definition) is 4. The molecule has 2 N–H and O–H groups in total. The Bertz CT molecular complexity index is 724. The molecule has 3 rings (SSSR count). The van der Waals surface area contributed by atoms with Crippen LogP contribution in [-0.4, -0.2) is 34.8 Å². The van der Waals surface area contributed by atoms with E-state index in [-0.39, 0.29) is 24.2 Å². The first-order chi connectivity index (χ1) is 11.0. The van der Waals surface area contributed by atoms with Gasteiger partial charge in [-0.1, -0.05) is 18.2 Å². The van der Waals surface area contributed by atoms with Gasteiger partial charge in [-0.2, -0.15) is 0 Å². The van der Waals surface area contributed by atoms with Gasteiger partial charge in [0.25, 0.3) is 0 Å². The zero-order chi connectivity index (χ0) is 16.4. The quantitative estimate of drug-likeness (QED) is 0.927. The highest BCUT2D eigenvalue weighted by molar-refractivity contribution is 5.82. The predicted octanol–water partition coefficient (Wildman–Crippen LogP) is 1.53. The summed E-state index contributed by atoms with van der Waals surface area (Å²) in [5.41, 5.74) is 6.81. The summed E-state index contributed by atoms with van der Waals surface area (Å²) in [6, 6.07) is 9.57. The summed E-state index contributed by atoms with van der Waals surface area (Å²) in [4.78, 5) is 29.7. The summed E-state index contributed by atoms with van der Waals surface area (Å²) in [6.07, 6.45) is 0.807. The summed E-state index contributed by atoms with van der Waals surface area (Å²) in [7, 11) is 0. The number of rotatable bonds is 4. The molecular weight excluding hydrogens is 294 g/mol. The molecule has 23 heavy (non-hydrogen) atoms. The summed E-state index contributed by atoms with van der Waals surface area (Å²) >= 11 is 0. The number of benzene rings is 1. The first-order valence-electron chi connectivity index (χ1n) is 7.63. The first-order valence-corrected chi connectivity index (χ1v) is 7.63. The minimum atomic E-state index is -0.343. The van der Waals surface area contributed by atoms with Crippen LogP contribution in [0, 0.1) is 12.8 Å². The van der Waals surface area contributed by atoms with Crippen molar-refractivity contribution in [2.75, 3.05) is 13.1 Å². The predicted molar refractivity (Wildman–Crippen MR) is 84.3 cm³/mol. The molecule has 6 heteroatoms. The third kappa shape index (κ3) is 3.26. The van der Waals surface area contributed by atoms with Crippen molar-refractivity contribution in [3.05, 3.63) is 41.8 Å². The lowest BCUT2D eigenvalue weighted by Crippen LogP contribution is -2.32. The van der Waals surface area contributed by atoms with Gasteiger partial charge in [-0.15, -0.1) is 0 Å². The van der Waals surface area contributed by atoms with Gasteiger partial charge in [-0.3, -0.25) is 9.59 Å². The Morgan fingerprint density at radius 1 is 1.35 bits per heavy atom. The molecule has 120 valence electrons. The fourth-order valence-corrected chi connectivity index (χ4v) is 2.77. The van der Waals surface area contributed by atoms with Crippen LogP contribution in [0.25, 0.3) is 11.5 Å². The van der Waals surface area contributed by atoms with Crippen molar-refractivity contribution in [3.8, 4) is 11.5 Å². The van der Waals surface area contributed by atoms with E-state index in [9.17, 15) is 9.59 Å². The van der Waals surface area contributed by atoms with Crippen LogP contribution >= 0.6 is 0 Å². The second-order valence-corrected chi connectivity index (χ2v) is 5.79. The van der Waals surface area contributed by atoms with Crippen molar-refractivity contribution in [1.82, 2.24) is 9.88 Å². The van der Waals surface area contributed by atoms with Crippen molar-refractivity contribution in [2.24, 2.45) is 11.7 Å². The van der Waals surface area contributed by atoms with E-state index in [4.69, 9.17) is 10.2 Å². The molecule has 1 aliphatic rings. The fraction of sp³-hybridized carbons (Fsp3) is 0.353. The highest BCUT2D eigenvalue weighted by atomic mass is 16.4. The summed E-state index contributed by atoms with van der Waals surface area (Å²) in [5, 5.41) is 0. The topological polar surface area (TPSA) is 89.4 Å². The minimum absolute atomic E-state index is 0.0511. The van der Waals surface area contributed by atoms with Crippen LogP contribution in [0.2, 0.25) is 0 Å². The van der Waals surface area contributed by atoms with E-state index in [1.165, 1.54) is 0 Å². The number of aryl methyl sites for hydroxylation is 1. The normalized spacial score (nSPS) is 17.4. The molecule has 2 aromatic rings. The third-order valence-electron chi connectivity index (χ3n) is 4.18. The number of carbonyl (C=O) groups is 2. The molecular formula is C17H19N3O3. The SMILES string of the molecule is Cc1oc(-c2ccccc2)nc1CC(=O)N1CCC(C(N)=O)C1. The van der Waals surface area contributed by atoms with Gasteiger partial charge in [0.05, 0.1) is 18.0 Å². The molecule has 0 radical (unpaired) electrons. The average Bonchev–Trinajstić information content (AvgIpc) is 3.16. The smallest absolute Gasteiger partial charge is 0.228 e. The minimum Gasteiger partial charge on any atom is -0.441 e. The highest BCUT2D eigenvalue weighted by Crippen LogP contribution is 2.23. The van der Waals surface area contributed by atoms with Crippen LogP contribution < -0.4 is 5.73 Å². The Morgan fingerprint density at radius 2 is 2.09 bits per heavy atom. The molecule has 0 saturated carbocycles. The number of primary amides is 1. The number of nitrogens with two attached hydrogens (primary N) is 1. The summed E-state index contributed by atoms with van der Waals surface area (Å²) < 4.78 is 5.67.